The maximum absolute atomic E-state index is 9.57. The molecule has 0 aliphatic carbocycles. The SMILES string of the molecule is N#Cc1ccc(C(O)C(O)CS)cc1. The number of thiol groups is 1. The van der Waals surface area contributed by atoms with Crippen LogP contribution < -0.4 is 0 Å². The van der Waals surface area contributed by atoms with Crippen molar-refractivity contribution in [3.63, 3.8) is 0 Å². The van der Waals surface area contributed by atoms with Crippen LogP contribution in [0, 0.1) is 11.3 Å². The van der Waals surface area contributed by atoms with Crippen molar-refractivity contribution in [1.82, 2.24) is 0 Å². The zero-order valence-corrected chi connectivity index (χ0v) is 8.35. The maximum atomic E-state index is 9.57. The molecule has 4 heteroatoms. The van der Waals surface area contributed by atoms with E-state index in [1.807, 2.05) is 6.07 Å². The quantitative estimate of drug-likeness (QED) is 0.648. The first-order valence-corrected chi connectivity index (χ1v) is 4.79. The minimum absolute atomic E-state index is 0.196. The highest BCUT2D eigenvalue weighted by Crippen LogP contribution is 2.17. The molecule has 0 saturated carbocycles. The molecule has 14 heavy (non-hydrogen) atoms. The molecule has 0 aliphatic heterocycles. The standard InChI is InChI=1S/C10H11NO2S/c11-5-7-1-3-8(4-2-7)10(13)9(12)6-14/h1-4,9-10,12-14H,6H2. The summed E-state index contributed by atoms with van der Waals surface area (Å²) in [6, 6.07) is 8.42. The van der Waals surface area contributed by atoms with E-state index in [2.05, 4.69) is 12.6 Å². The zero-order valence-electron chi connectivity index (χ0n) is 7.46. The monoisotopic (exact) mass is 209 g/mol. The summed E-state index contributed by atoms with van der Waals surface area (Å²) in [6.45, 7) is 0. The fourth-order valence-electron chi connectivity index (χ4n) is 1.08. The molecule has 0 fully saturated rings. The number of nitriles is 1. The van der Waals surface area contributed by atoms with E-state index < -0.39 is 12.2 Å². The Hall–Kier alpha value is -1.02. The number of aliphatic hydroxyl groups is 2. The van der Waals surface area contributed by atoms with Crippen LogP contribution in [0.15, 0.2) is 24.3 Å². The first-order chi connectivity index (χ1) is 6.69. The Kier molecular flexibility index (Phi) is 3.96. The van der Waals surface area contributed by atoms with Crippen LogP contribution >= 0.6 is 12.6 Å². The highest BCUT2D eigenvalue weighted by molar-refractivity contribution is 7.80. The highest BCUT2D eigenvalue weighted by Gasteiger charge is 2.16. The smallest absolute Gasteiger partial charge is 0.106 e. The second kappa shape index (κ2) is 5.01. The third-order valence-electron chi connectivity index (χ3n) is 1.93. The summed E-state index contributed by atoms with van der Waals surface area (Å²) in [4.78, 5) is 0. The van der Waals surface area contributed by atoms with Crippen LogP contribution in [0.1, 0.15) is 17.2 Å². The topological polar surface area (TPSA) is 64.2 Å². The second-order valence-electron chi connectivity index (χ2n) is 2.93. The Bertz CT molecular complexity index is 331. The molecule has 2 N–H and O–H groups in total. The van der Waals surface area contributed by atoms with E-state index in [0.29, 0.717) is 11.1 Å². The molecule has 0 bridgehead atoms. The number of aliphatic hydroxyl groups excluding tert-OH is 2. The lowest BCUT2D eigenvalue weighted by Crippen LogP contribution is -2.19. The lowest BCUT2D eigenvalue weighted by molar-refractivity contribution is 0.0337. The molecule has 2 atom stereocenters. The van der Waals surface area contributed by atoms with Gasteiger partial charge in [-0.2, -0.15) is 17.9 Å². The van der Waals surface area contributed by atoms with Crippen molar-refractivity contribution in [3.05, 3.63) is 35.4 Å². The highest BCUT2D eigenvalue weighted by atomic mass is 32.1. The molecule has 74 valence electrons. The van der Waals surface area contributed by atoms with Crippen LogP contribution in [0.2, 0.25) is 0 Å². The average molecular weight is 209 g/mol. The predicted molar refractivity (Wildman–Crippen MR) is 56.0 cm³/mol. The van der Waals surface area contributed by atoms with E-state index in [9.17, 15) is 10.2 Å². The molecule has 3 nitrogen and oxygen atoms in total. The molecule has 0 spiro atoms. The van der Waals surface area contributed by atoms with Gasteiger partial charge in [-0.05, 0) is 17.7 Å². The zero-order chi connectivity index (χ0) is 10.6. The van der Waals surface area contributed by atoms with Gasteiger partial charge in [0.25, 0.3) is 0 Å². The van der Waals surface area contributed by atoms with Gasteiger partial charge in [-0.15, -0.1) is 0 Å². The van der Waals surface area contributed by atoms with Crippen LogP contribution in [0.3, 0.4) is 0 Å². The van der Waals surface area contributed by atoms with Gasteiger partial charge >= 0.3 is 0 Å². The molecule has 0 heterocycles. The van der Waals surface area contributed by atoms with Crippen molar-refractivity contribution >= 4 is 12.6 Å². The molecule has 1 rings (SSSR count). The van der Waals surface area contributed by atoms with Gasteiger partial charge in [-0.1, -0.05) is 12.1 Å². The maximum Gasteiger partial charge on any atom is 0.106 e. The lowest BCUT2D eigenvalue weighted by Gasteiger charge is -2.15. The van der Waals surface area contributed by atoms with Gasteiger partial charge in [0.05, 0.1) is 17.7 Å². The van der Waals surface area contributed by atoms with Gasteiger partial charge in [-0.25, -0.2) is 0 Å². The number of hydrogen-bond donors (Lipinski definition) is 3. The van der Waals surface area contributed by atoms with Gasteiger partial charge in [0.1, 0.15) is 6.10 Å². The van der Waals surface area contributed by atoms with Gasteiger partial charge in [0, 0.05) is 5.75 Å². The van der Waals surface area contributed by atoms with Crippen LogP contribution in [-0.4, -0.2) is 22.1 Å². The molecular formula is C10H11NO2S. The third-order valence-corrected chi connectivity index (χ3v) is 2.31. The molecule has 0 radical (unpaired) electrons. The second-order valence-corrected chi connectivity index (χ2v) is 3.29. The molecule has 0 saturated heterocycles. The minimum Gasteiger partial charge on any atom is -0.389 e. The van der Waals surface area contributed by atoms with E-state index in [-0.39, 0.29) is 5.75 Å². The minimum atomic E-state index is -0.944. The van der Waals surface area contributed by atoms with Crippen LogP contribution in [0.4, 0.5) is 0 Å². The number of hydrogen-bond acceptors (Lipinski definition) is 4. The van der Waals surface area contributed by atoms with Gasteiger partial charge in [-0.3, -0.25) is 0 Å². The van der Waals surface area contributed by atoms with E-state index >= 15 is 0 Å². The molecule has 2 unspecified atom stereocenters. The summed E-state index contributed by atoms with van der Waals surface area (Å²) in [6.07, 6.45) is -1.83. The van der Waals surface area contributed by atoms with Crippen LogP contribution in [0.5, 0.6) is 0 Å². The Labute approximate surface area is 88.0 Å². The van der Waals surface area contributed by atoms with Crippen molar-refractivity contribution in [3.8, 4) is 6.07 Å². The number of nitrogens with zero attached hydrogens (tertiary/aromatic N) is 1. The third kappa shape index (κ3) is 2.48. The molecule has 0 aromatic heterocycles. The fraction of sp³-hybridized carbons (Fsp3) is 0.300. The molecule has 1 aromatic carbocycles. The van der Waals surface area contributed by atoms with Crippen molar-refractivity contribution in [1.29, 1.82) is 5.26 Å². The van der Waals surface area contributed by atoms with E-state index in [1.165, 1.54) is 0 Å². The van der Waals surface area contributed by atoms with E-state index in [4.69, 9.17) is 5.26 Å². The van der Waals surface area contributed by atoms with Crippen molar-refractivity contribution in [2.75, 3.05) is 5.75 Å². The predicted octanol–water partition coefficient (Wildman–Crippen LogP) is 0.882. The number of rotatable bonds is 3. The first kappa shape index (κ1) is 11.1. The Morgan fingerprint density at radius 1 is 1.29 bits per heavy atom. The van der Waals surface area contributed by atoms with Crippen molar-refractivity contribution < 1.29 is 10.2 Å². The summed E-state index contributed by atoms with van der Waals surface area (Å²) in [5.74, 6) is 0.196. The number of benzene rings is 1. The van der Waals surface area contributed by atoms with E-state index in [1.54, 1.807) is 24.3 Å². The van der Waals surface area contributed by atoms with Gasteiger partial charge in [0.15, 0.2) is 0 Å². The first-order valence-electron chi connectivity index (χ1n) is 4.16. The van der Waals surface area contributed by atoms with E-state index in [0.717, 1.165) is 0 Å². The molecular weight excluding hydrogens is 198 g/mol. The van der Waals surface area contributed by atoms with Crippen molar-refractivity contribution in [2.45, 2.75) is 12.2 Å². The Balaban J connectivity index is 2.82. The lowest BCUT2D eigenvalue weighted by atomic mass is 10.0. The van der Waals surface area contributed by atoms with Gasteiger partial charge in [0.2, 0.25) is 0 Å². The summed E-state index contributed by atoms with van der Waals surface area (Å²) < 4.78 is 0. The normalized spacial score (nSPS) is 14.4. The largest absolute Gasteiger partial charge is 0.389 e. The van der Waals surface area contributed by atoms with Gasteiger partial charge < -0.3 is 10.2 Å². The molecule has 0 amide bonds. The molecule has 0 aliphatic rings. The molecule has 1 aromatic rings. The summed E-state index contributed by atoms with van der Waals surface area (Å²) in [7, 11) is 0. The Morgan fingerprint density at radius 3 is 2.29 bits per heavy atom. The summed E-state index contributed by atoms with van der Waals surface area (Å²) >= 11 is 3.88. The Morgan fingerprint density at radius 2 is 1.86 bits per heavy atom. The summed E-state index contributed by atoms with van der Waals surface area (Å²) in [5, 5.41) is 27.4. The average Bonchev–Trinajstić information content (AvgIpc) is 2.27. The van der Waals surface area contributed by atoms with Crippen LogP contribution in [0.25, 0.3) is 0 Å². The van der Waals surface area contributed by atoms with Crippen molar-refractivity contribution in [2.24, 2.45) is 0 Å². The van der Waals surface area contributed by atoms with Crippen LogP contribution in [-0.2, 0) is 0 Å². The summed E-state index contributed by atoms with van der Waals surface area (Å²) in [5.41, 5.74) is 1.12. The fourth-order valence-corrected chi connectivity index (χ4v) is 1.28.